The summed E-state index contributed by atoms with van der Waals surface area (Å²) in [6.07, 6.45) is 0. The van der Waals surface area contributed by atoms with Crippen molar-refractivity contribution in [1.82, 2.24) is 0 Å². The fraction of sp³-hybridized carbons (Fsp3) is 0.222. The molecule has 0 atom stereocenters. The van der Waals surface area contributed by atoms with Gasteiger partial charge in [-0.1, -0.05) is 0 Å². The van der Waals surface area contributed by atoms with E-state index in [2.05, 4.69) is 5.32 Å². The molecule has 0 aliphatic carbocycles. The first-order valence-electron chi connectivity index (χ1n) is 7.99. The number of hydrogen-bond donors (Lipinski definition) is 1. The molecule has 9 nitrogen and oxygen atoms in total. The number of nitrogens with one attached hydrogen (secondary N) is 1. The lowest BCUT2D eigenvalue weighted by Crippen LogP contribution is -2.15. The van der Waals surface area contributed by atoms with Crippen LogP contribution >= 0.6 is 0 Å². The maximum Gasteiger partial charge on any atom is 0.338 e. The molecule has 1 aliphatic rings. The monoisotopic (exact) mass is 372 g/mol. The van der Waals surface area contributed by atoms with Crippen LogP contribution in [0.25, 0.3) is 0 Å². The summed E-state index contributed by atoms with van der Waals surface area (Å²) >= 11 is 0. The summed E-state index contributed by atoms with van der Waals surface area (Å²) in [6, 6.07) is 8.88. The highest BCUT2D eigenvalue weighted by Crippen LogP contribution is 2.33. The van der Waals surface area contributed by atoms with Gasteiger partial charge in [0.1, 0.15) is 12.4 Å². The average Bonchev–Trinajstić information content (AvgIpc) is 2.65. The minimum absolute atomic E-state index is 0.0242. The van der Waals surface area contributed by atoms with E-state index in [0.717, 1.165) is 0 Å². The third-order valence-electron chi connectivity index (χ3n) is 3.78. The predicted molar refractivity (Wildman–Crippen MR) is 93.2 cm³/mol. The van der Waals surface area contributed by atoms with Gasteiger partial charge in [-0.25, -0.2) is 4.79 Å². The molecule has 2 aromatic rings. The average molecular weight is 372 g/mol. The van der Waals surface area contributed by atoms with Crippen molar-refractivity contribution in [2.24, 2.45) is 0 Å². The van der Waals surface area contributed by atoms with Gasteiger partial charge < -0.3 is 19.5 Å². The van der Waals surface area contributed by atoms with Gasteiger partial charge >= 0.3 is 5.97 Å². The topological polar surface area (TPSA) is 117 Å². The van der Waals surface area contributed by atoms with Crippen molar-refractivity contribution in [3.8, 4) is 5.75 Å². The number of benzene rings is 2. The van der Waals surface area contributed by atoms with Crippen LogP contribution in [-0.2, 0) is 27.5 Å². The van der Waals surface area contributed by atoms with Gasteiger partial charge in [-0.05, 0) is 24.3 Å². The number of nitrogens with zero attached hydrogens (tertiary/aromatic N) is 1. The van der Waals surface area contributed by atoms with E-state index in [-0.39, 0.29) is 37.2 Å². The van der Waals surface area contributed by atoms with E-state index in [0.29, 0.717) is 22.6 Å². The molecule has 0 fully saturated rings. The van der Waals surface area contributed by atoms with E-state index in [1.807, 2.05) is 0 Å². The molecular formula is C18H16N2O7. The number of esters is 1. The number of nitro groups is 1. The predicted octanol–water partition coefficient (Wildman–Crippen LogP) is 2.78. The zero-order chi connectivity index (χ0) is 19.4. The zero-order valence-corrected chi connectivity index (χ0v) is 14.4. The van der Waals surface area contributed by atoms with Gasteiger partial charge in [0.05, 0.1) is 17.1 Å². The first-order valence-corrected chi connectivity index (χ1v) is 7.99. The standard InChI is InChI=1S/C18H16N2O7/c1-11(21)19-15-4-2-12(3-5-15)18(22)26-9-14-7-16(20(23)24)6-13-8-25-10-27-17(13)14/h2-7H,8-10H2,1H3,(H,19,21). The highest BCUT2D eigenvalue weighted by Gasteiger charge is 2.22. The molecule has 0 bridgehead atoms. The van der Waals surface area contributed by atoms with Crippen molar-refractivity contribution in [2.75, 3.05) is 12.1 Å². The Bertz CT molecular complexity index is 893. The van der Waals surface area contributed by atoms with Crippen LogP contribution in [0.1, 0.15) is 28.4 Å². The van der Waals surface area contributed by atoms with E-state index in [1.54, 1.807) is 12.1 Å². The molecule has 140 valence electrons. The Morgan fingerprint density at radius 3 is 2.67 bits per heavy atom. The van der Waals surface area contributed by atoms with Gasteiger partial charge in [0.25, 0.3) is 5.69 Å². The number of hydrogen-bond acceptors (Lipinski definition) is 7. The number of rotatable bonds is 5. The van der Waals surface area contributed by atoms with Crippen LogP contribution in [0, 0.1) is 10.1 Å². The van der Waals surface area contributed by atoms with Crippen molar-refractivity contribution in [2.45, 2.75) is 20.1 Å². The van der Waals surface area contributed by atoms with Gasteiger partial charge in [-0.2, -0.15) is 0 Å². The molecule has 0 saturated heterocycles. The van der Waals surface area contributed by atoms with Crippen molar-refractivity contribution in [3.05, 3.63) is 63.2 Å². The maximum atomic E-state index is 12.2. The Morgan fingerprint density at radius 2 is 2.00 bits per heavy atom. The number of carbonyl (C=O) groups is 2. The number of anilines is 1. The Morgan fingerprint density at radius 1 is 1.26 bits per heavy atom. The third-order valence-corrected chi connectivity index (χ3v) is 3.78. The summed E-state index contributed by atoms with van der Waals surface area (Å²) in [7, 11) is 0. The smallest absolute Gasteiger partial charge is 0.338 e. The van der Waals surface area contributed by atoms with Crippen molar-refractivity contribution >= 4 is 23.3 Å². The third kappa shape index (κ3) is 4.39. The van der Waals surface area contributed by atoms with Crippen molar-refractivity contribution in [1.29, 1.82) is 0 Å². The first kappa shape index (κ1) is 18.3. The lowest BCUT2D eigenvalue weighted by Gasteiger charge is -2.20. The number of fused-ring (bicyclic) bond motifs is 1. The SMILES string of the molecule is CC(=O)Nc1ccc(C(=O)OCc2cc([N+](=O)[O-])cc3c2OCOC3)cc1. The van der Waals surface area contributed by atoms with E-state index in [4.69, 9.17) is 14.2 Å². The Hall–Kier alpha value is -3.46. The Kier molecular flexibility index (Phi) is 5.32. The van der Waals surface area contributed by atoms with E-state index in [1.165, 1.54) is 31.2 Å². The highest BCUT2D eigenvalue weighted by molar-refractivity contribution is 5.92. The minimum Gasteiger partial charge on any atom is -0.467 e. The van der Waals surface area contributed by atoms with Crippen LogP contribution in [0.2, 0.25) is 0 Å². The normalized spacial score (nSPS) is 12.5. The second-order valence-corrected chi connectivity index (χ2v) is 5.80. The van der Waals surface area contributed by atoms with Crippen molar-refractivity contribution < 1.29 is 28.7 Å². The molecule has 3 rings (SSSR count). The van der Waals surface area contributed by atoms with Crippen LogP contribution in [-0.4, -0.2) is 23.6 Å². The minimum atomic E-state index is -0.600. The van der Waals surface area contributed by atoms with Gasteiger partial charge in [0.15, 0.2) is 6.79 Å². The number of nitro benzene ring substituents is 1. The van der Waals surface area contributed by atoms with Gasteiger partial charge in [-0.15, -0.1) is 0 Å². The second-order valence-electron chi connectivity index (χ2n) is 5.80. The van der Waals surface area contributed by atoms with Crippen LogP contribution in [0.15, 0.2) is 36.4 Å². The highest BCUT2D eigenvalue weighted by atomic mass is 16.7. The molecule has 0 saturated carbocycles. The maximum absolute atomic E-state index is 12.2. The van der Waals surface area contributed by atoms with Crippen LogP contribution < -0.4 is 10.1 Å². The van der Waals surface area contributed by atoms with E-state index in [9.17, 15) is 19.7 Å². The van der Waals surface area contributed by atoms with E-state index < -0.39 is 10.9 Å². The van der Waals surface area contributed by atoms with Crippen molar-refractivity contribution in [3.63, 3.8) is 0 Å². The summed E-state index contributed by atoms with van der Waals surface area (Å²) < 4.78 is 15.8. The molecule has 0 aromatic heterocycles. The summed E-state index contributed by atoms with van der Waals surface area (Å²) in [5, 5.41) is 13.7. The Balaban J connectivity index is 1.74. The summed E-state index contributed by atoms with van der Waals surface area (Å²) in [5.74, 6) is -0.387. The van der Waals surface area contributed by atoms with Crippen LogP contribution in [0.4, 0.5) is 11.4 Å². The molecule has 2 aromatic carbocycles. The lowest BCUT2D eigenvalue weighted by molar-refractivity contribution is -0.385. The summed E-state index contributed by atoms with van der Waals surface area (Å²) in [6.45, 7) is 1.41. The van der Waals surface area contributed by atoms with Crippen LogP contribution in [0.3, 0.4) is 0 Å². The molecule has 1 aliphatic heterocycles. The molecule has 1 heterocycles. The van der Waals surface area contributed by atoms with E-state index >= 15 is 0 Å². The first-order chi connectivity index (χ1) is 12.9. The molecular weight excluding hydrogens is 356 g/mol. The number of non-ortho nitro benzene ring substituents is 1. The summed E-state index contributed by atoms with van der Waals surface area (Å²) in [5.41, 5.74) is 1.63. The molecule has 9 heteroatoms. The summed E-state index contributed by atoms with van der Waals surface area (Å²) in [4.78, 5) is 33.8. The lowest BCUT2D eigenvalue weighted by atomic mass is 10.1. The molecule has 0 radical (unpaired) electrons. The van der Waals surface area contributed by atoms with Crippen LogP contribution in [0.5, 0.6) is 5.75 Å². The Labute approximate surface area is 154 Å². The van der Waals surface area contributed by atoms with Gasteiger partial charge in [-0.3, -0.25) is 14.9 Å². The number of amides is 1. The zero-order valence-electron chi connectivity index (χ0n) is 14.4. The second kappa shape index (κ2) is 7.83. The molecule has 0 spiro atoms. The molecule has 0 unspecified atom stereocenters. The van der Waals surface area contributed by atoms with Gasteiger partial charge in [0, 0.05) is 35.9 Å². The number of carbonyl (C=O) groups excluding carboxylic acids is 2. The fourth-order valence-corrected chi connectivity index (χ4v) is 2.61. The quantitative estimate of drug-likeness (QED) is 0.487. The molecule has 1 N–H and O–H groups in total. The molecule has 1 amide bonds. The largest absolute Gasteiger partial charge is 0.467 e. The fourth-order valence-electron chi connectivity index (χ4n) is 2.61. The molecule has 27 heavy (non-hydrogen) atoms. The van der Waals surface area contributed by atoms with Gasteiger partial charge in [0.2, 0.25) is 5.91 Å². The number of ether oxygens (including phenoxy) is 3.